The minimum atomic E-state index is -0.341. The van der Waals surface area contributed by atoms with E-state index >= 15 is 0 Å². The Labute approximate surface area is 133 Å². The molecule has 1 aliphatic rings. The average Bonchev–Trinajstić information content (AvgIpc) is 3.19. The van der Waals surface area contributed by atoms with Crippen molar-refractivity contribution in [1.29, 1.82) is 0 Å². The molecule has 4 rings (SSSR count). The van der Waals surface area contributed by atoms with Gasteiger partial charge < -0.3 is 13.9 Å². The van der Waals surface area contributed by atoms with Crippen molar-refractivity contribution in [2.45, 2.75) is 6.10 Å². The summed E-state index contributed by atoms with van der Waals surface area (Å²) in [7, 11) is 0. The van der Waals surface area contributed by atoms with Crippen molar-refractivity contribution in [3.05, 3.63) is 60.9 Å². The molecule has 0 radical (unpaired) electrons. The molecule has 0 aliphatic carbocycles. The van der Waals surface area contributed by atoms with Gasteiger partial charge in [0.25, 0.3) is 0 Å². The number of ether oxygens (including phenoxy) is 2. The Balaban J connectivity index is 1.41. The molecule has 1 saturated heterocycles. The fourth-order valence-corrected chi connectivity index (χ4v) is 2.64. The minimum Gasteiger partial charge on any atom is -0.490 e. The molecule has 116 valence electrons. The maximum absolute atomic E-state index is 12.0. The number of hydrogen-bond acceptors (Lipinski definition) is 4. The predicted molar refractivity (Wildman–Crippen MR) is 85.8 cm³/mol. The van der Waals surface area contributed by atoms with Gasteiger partial charge in [0.15, 0.2) is 6.10 Å². The molecule has 0 saturated carbocycles. The Morgan fingerprint density at radius 2 is 2.00 bits per heavy atom. The topological polar surface area (TPSA) is 51.9 Å². The number of cyclic esters (lactones) is 1. The molecule has 23 heavy (non-hydrogen) atoms. The van der Waals surface area contributed by atoms with E-state index in [9.17, 15) is 4.79 Å². The number of para-hydroxylation sites is 1. The van der Waals surface area contributed by atoms with Crippen LogP contribution in [-0.4, -0.2) is 25.3 Å². The van der Waals surface area contributed by atoms with E-state index in [1.54, 1.807) is 11.2 Å². The molecule has 3 aromatic rings. The van der Waals surface area contributed by atoms with Crippen molar-refractivity contribution in [1.82, 2.24) is 0 Å². The van der Waals surface area contributed by atoms with Crippen molar-refractivity contribution in [3.8, 4) is 5.75 Å². The second-order valence-electron chi connectivity index (χ2n) is 5.38. The van der Waals surface area contributed by atoms with E-state index in [0.29, 0.717) is 18.9 Å². The monoisotopic (exact) mass is 309 g/mol. The summed E-state index contributed by atoms with van der Waals surface area (Å²) in [6.07, 6.45) is 1.01. The standard InChI is InChI=1S/C18H15NO4/c20-18-19(14-4-2-1-3-5-14)11-16(23-18)12-22-15-7-6-13-8-9-21-17(13)10-15/h1-10,16H,11-12H2. The molecule has 0 N–H and O–H groups in total. The summed E-state index contributed by atoms with van der Waals surface area (Å²) in [5.41, 5.74) is 1.61. The molecule has 2 aromatic carbocycles. The van der Waals surface area contributed by atoms with E-state index in [-0.39, 0.29) is 12.2 Å². The van der Waals surface area contributed by atoms with Gasteiger partial charge >= 0.3 is 6.09 Å². The third-order valence-corrected chi connectivity index (χ3v) is 3.81. The number of fused-ring (bicyclic) bond motifs is 1. The van der Waals surface area contributed by atoms with Crippen LogP contribution in [0.3, 0.4) is 0 Å². The van der Waals surface area contributed by atoms with E-state index in [4.69, 9.17) is 13.9 Å². The highest BCUT2D eigenvalue weighted by Gasteiger charge is 2.32. The molecule has 0 bridgehead atoms. The summed E-state index contributed by atoms with van der Waals surface area (Å²) in [5.74, 6) is 0.696. The number of benzene rings is 2. The van der Waals surface area contributed by atoms with Gasteiger partial charge in [-0.3, -0.25) is 4.90 Å². The molecule has 1 aromatic heterocycles. The zero-order valence-electron chi connectivity index (χ0n) is 12.3. The largest absolute Gasteiger partial charge is 0.490 e. The normalized spacial score (nSPS) is 17.5. The van der Waals surface area contributed by atoms with Crippen LogP contribution in [0.5, 0.6) is 5.75 Å². The van der Waals surface area contributed by atoms with Crippen LogP contribution in [-0.2, 0) is 4.74 Å². The second-order valence-corrected chi connectivity index (χ2v) is 5.38. The van der Waals surface area contributed by atoms with Gasteiger partial charge in [0, 0.05) is 17.1 Å². The van der Waals surface area contributed by atoms with Crippen LogP contribution >= 0.6 is 0 Å². The lowest BCUT2D eigenvalue weighted by Crippen LogP contribution is -2.26. The molecular weight excluding hydrogens is 294 g/mol. The van der Waals surface area contributed by atoms with Crippen molar-refractivity contribution < 1.29 is 18.7 Å². The van der Waals surface area contributed by atoms with E-state index in [0.717, 1.165) is 16.7 Å². The lowest BCUT2D eigenvalue weighted by atomic mass is 10.2. The zero-order chi connectivity index (χ0) is 15.6. The summed E-state index contributed by atoms with van der Waals surface area (Å²) >= 11 is 0. The van der Waals surface area contributed by atoms with Gasteiger partial charge in [-0.1, -0.05) is 18.2 Å². The fraction of sp³-hybridized carbons (Fsp3) is 0.167. The number of furan rings is 1. The first-order valence-corrected chi connectivity index (χ1v) is 7.43. The third kappa shape index (κ3) is 2.73. The van der Waals surface area contributed by atoms with Gasteiger partial charge in [0.1, 0.15) is 17.9 Å². The second kappa shape index (κ2) is 5.68. The molecule has 1 fully saturated rings. The maximum Gasteiger partial charge on any atom is 0.414 e. The Morgan fingerprint density at radius 3 is 2.87 bits per heavy atom. The molecule has 1 amide bonds. The first-order chi connectivity index (χ1) is 11.3. The van der Waals surface area contributed by atoms with Crippen LogP contribution in [0.15, 0.2) is 65.3 Å². The lowest BCUT2D eigenvalue weighted by Gasteiger charge is -2.12. The summed E-state index contributed by atoms with van der Waals surface area (Å²) in [4.78, 5) is 13.6. The van der Waals surface area contributed by atoms with Crippen LogP contribution < -0.4 is 9.64 Å². The summed E-state index contributed by atoms with van der Waals surface area (Å²) < 4.78 is 16.4. The SMILES string of the molecule is O=C1OC(COc2ccc3ccoc3c2)CN1c1ccccc1. The number of anilines is 1. The first kappa shape index (κ1) is 13.7. The van der Waals surface area contributed by atoms with Crippen LogP contribution in [0, 0.1) is 0 Å². The number of nitrogens with zero attached hydrogens (tertiary/aromatic N) is 1. The first-order valence-electron chi connectivity index (χ1n) is 7.43. The highest BCUT2D eigenvalue weighted by molar-refractivity contribution is 5.89. The summed E-state index contributed by atoms with van der Waals surface area (Å²) in [6.45, 7) is 0.785. The van der Waals surface area contributed by atoms with Gasteiger partial charge in [-0.25, -0.2) is 4.79 Å². The molecule has 5 nitrogen and oxygen atoms in total. The number of carbonyl (C=O) groups excluding carboxylic acids is 1. The van der Waals surface area contributed by atoms with Gasteiger partial charge in [0.05, 0.1) is 12.8 Å². The zero-order valence-corrected chi connectivity index (χ0v) is 12.3. The maximum atomic E-state index is 12.0. The lowest BCUT2D eigenvalue weighted by molar-refractivity contribution is 0.105. The van der Waals surface area contributed by atoms with Crippen LogP contribution in [0.25, 0.3) is 11.0 Å². The van der Waals surface area contributed by atoms with E-state index in [2.05, 4.69) is 0 Å². The fourth-order valence-electron chi connectivity index (χ4n) is 2.64. The van der Waals surface area contributed by atoms with Crippen LogP contribution in [0.2, 0.25) is 0 Å². The van der Waals surface area contributed by atoms with Crippen LogP contribution in [0.4, 0.5) is 10.5 Å². The summed E-state index contributed by atoms with van der Waals surface area (Å²) in [5, 5.41) is 1.03. The molecule has 1 atom stereocenters. The highest BCUT2D eigenvalue weighted by Crippen LogP contribution is 2.24. The van der Waals surface area contributed by atoms with Gasteiger partial charge in [-0.05, 0) is 30.3 Å². The van der Waals surface area contributed by atoms with Gasteiger partial charge in [-0.2, -0.15) is 0 Å². The Morgan fingerprint density at radius 1 is 1.13 bits per heavy atom. The van der Waals surface area contributed by atoms with Crippen molar-refractivity contribution in [2.75, 3.05) is 18.1 Å². The molecule has 5 heteroatoms. The van der Waals surface area contributed by atoms with Gasteiger partial charge in [-0.15, -0.1) is 0 Å². The molecule has 1 unspecified atom stereocenters. The Hall–Kier alpha value is -2.95. The van der Waals surface area contributed by atoms with E-state index in [1.165, 1.54) is 0 Å². The van der Waals surface area contributed by atoms with E-state index < -0.39 is 0 Å². The molecule has 0 spiro atoms. The van der Waals surface area contributed by atoms with Crippen LogP contribution in [0.1, 0.15) is 0 Å². The molecule has 1 aliphatic heterocycles. The number of hydrogen-bond donors (Lipinski definition) is 0. The number of carbonyl (C=O) groups is 1. The Kier molecular flexibility index (Phi) is 3.38. The van der Waals surface area contributed by atoms with Crippen molar-refractivity contribution in [2.24, 2.45) is 0 Å². The summed E-state index contributed by atoms with van der Waals surface area (Å²) in [6, 6.07) is 17.0. The third-order valence-electron chi connectivity index (χ3n) is 3.81. The number of amides is 1. The van der Waals surface area contributed by atoms with Crippen molar-refractivity contribution >= 4 is 22.7 Å². The number of rotatable bonds is 4. The minimum absolute atomic E-state index is 0.296. The quantitative estimate of drug-likeness (QED) is 0.735. The predicted octanol–water partition coefficient (Wildman–Crippen LogP) is 3.84. The highest BCUT2D eigenvalue weighted by atomic mass is 16.6. The Bertz CT molecular complexity index is 827. The van der Waals surface area contributed by atoms with E-state index in [1.807, 2.05) is 54.6 Å². The smallest absolute Gasteiger partial charge is 0.414 e. The van der Waals surface area contributed by atoms with Gasteiger partial charge in [0.2, 0.25) is 0 Å². The molecular formula is C18H15NO4. The van der Waals surface area contributed by atoms with Crippen molar-refractivity contribution in [3.63, 3.8) is 0 Å². The average molecular weight is 309 g/mol. The molecule has 2 heterocycles.